The molecule has 3 rings (SSSR count). The molecule has 0 spiro atoms. The van der Waals surface area contributed by atoms with Crippen LogP contribution in [0.1, 0.15) is 5.56 Å². The number of H-pyrrole nitrogens is 1. The molecule has 0 aliphatic heterocycles. The van der Waals surface area contributed by atoms with E-state index in [1.807, 2.05) is 37.3 Å². The van der Waals surface area contributed by atoms with Crippen molar-refractivity contribution >= 4 is 46.0 Å². The van der Waals surface area contributed by atoms with E-state index in [0.29, 0.717) is 5.02 Å². The van der Waals surface area contributed by atoms with Crippen LogP contribution >= 0.6 is 35.0 Å². The SMILES string of the molecule is [CH2]Sc1nc2cc(-c3ccc(Cl)c(C)c3)c(Cl)cc2[nH]1. The molecule has 101 valence electrons. The van der Waals surface area contributed by atoms with Gasteiger partial charge in [0.15, 0.2) is 5.16 Å². The van der Waals surface area contributed by atoms with Crippen LogP contribution in [0.4, 0.5) is 0 Å². The van der Waals surface area contributed by atoms with Gasteiger partial charge in [-0.25, -0.2) is 4.98 Å². The molecule has 0 aliphatic carbocycles. The van der Waals surface area contributed by atoms with Crippen molar-refractivity contribution in [2.75, 3.05) is 0 Å². The van der Waals surface area contributed by atoms with E-state index in [9.17, 15) is 0 Å². The molecule has 0 amide bonds. The standard InChI is InChI=1S/C15H11Cl2N2S/c1-8-5-9(3-4-11(8)16)10-6-13-14(7-12(10)17)19-15(18-13)20-2/h3-7H,2H2,1H3,(H,18,19). The molecule has 0 bridgehead atoms. The fraction of sp³-hybridized carbons (Fsp3) is 0.0667. The first kappa shape index (κ1) is 13.8. The van der Waals surface area contributed by atoms with Crippen LogP contribution in [0.5, 0.6) is 0 Å². The second-order valence-corrected chi connectivity index (χ2v) is 5.99. The lowest BCUT2D eigenvalue weighted by Gasteiger charge is -2.07. The number of hydrogen-bond donors (Lipinski definition) is 1. The first-order valence-corrected chi connectivity index (χ1v) is 7.70. The number of nitrogens with zero attached hydrogens (tertiary/aromatic N) is 1. The Bertz CT molecular complexity index is 796. The highest BCUT2D eigenvalue weighted by atomic mass is 35.5. The third-order valence-electron chi connectivity index (χ3n) is 3.15. The van der Waals surface area contributed by atoms with E-state index in [1.165, 1.54) is 11.8 Å². The summed E-state index contributed by atoms with van der Waals surface area (Å²) in [6.45, 7) is 1.98. The lowest BCUT2D eigenvalue weighted by atomic mass is 10.0. The molecule has 1 heterocycles. The van der Waals surface area contributed by atoms with E-state index >= 15 is 0 Å². The van der Waals surface area contributed by atoms with E-state index in [-0.39, 0.29) is 0 Å². The van der Waals surface area contributed by atoms with Crippen LogP contribution in [0.2, 0.25) is 10.0 Å². The van der Waals surface area contributed by atoms with Crippen molar-refractivity contribution in [1.82, 2.24) is 9.97 Å². The highest BCUT2D eigenvalue weighted by molar-refractivity contribution is 8.00. The summed E-state index contributed by atoms with van der Waals surface area (Å²) in [5, 5.41) is 2.21. The maximum atomic E-state index is 6.38. The summed E-state index contributed by atoms with van der Waals surface area (Å²) in [6, 6.07) is 9.75. The van der Waals surface area contributed by atoms with Crippen molar-refractivity contribution in [3.05, 3.63) is 52.2 Å². The van der Waals surface area contributed by atoms with Gasteiger partial charge in [-0.05, 0) is 42.3 Å². The molecule has 0 unspecified atom stereocenters. The Morgan fingerprint density at radius 3 is 2.65 bits per heavy atom. The van der Waals surface area contributed by atoms with Gasteiger partial charge in [-0.1, -0.05) is 41.0 Å². The Hall–Kier alpha value is -1.16. The van der Waals surface area contributed by atoms with Crippen molar-refractivity contribution in [2.45, 2.75) is 12.1 Å². The maximum absolute atomic E-state index is 6.38. The van der Waals surface area contributed by atoms with Crippen LogP contribution in [0.3, 0.4) is 0 Å². The molecule has 1 aromatic heterocycles. The van der Waals surface area contributed by atoms with Crippen molar-refractivity contribution in [1.29, 1.82) is 0 Å². The van der Waals surface area contributed by atoms with Crippen LogP contribution in [-0.2, 0) is 0 Å². The molecule has 2 nitrogen and oxygen atoms in total. The first-order valence-electron chi connectivity index (χ1n) is 5.96. The van der Waals surface area contributed by atoms with E-state index in [1.54, 1.807) is 0 Å². The Balaban J connectivity index is 2.19. The monoisotopic (exact) mass is 321 g/mol. The molecule has 0 saturated heterocycles. The van der Waals surface area contributed by atoms with Gasteiger partial charge in [0, 0.05) is 16.8 Å². The van der Waals surface area contributed by atoms with Crippen LogP contribution < -0.4 is 0 Å². The number of benzene rings is 2. The number of aromatic nitrogens is 2. The predicted octanol–water partition coefficient (Wildman–Crippen LogP) is 5.73. The number of halogens is 2. The Morgan fingerprint density at radius 1 is 1.15 bits per heavy atom. The second-order valence-electron chi connectivity index (χ2n) is 4.50. The topological polar surface area (TPSA) is 28.7 Å². The van der Waals surface area contributed by atoms with Gasteiger partial charge in [0.05, 0.1) is 16.1 Å². The molecule has 5 heteroatoms. The zero-order valence-corrected chi connectivity index (χ0v) is 13.0. The average Bonchev–Trinajstić information content (AvgIpc) is 2.83. The van der Waals surface area contributed by atoms with Crippen LogP contribution in [0, 0.1) is 13.2 Å². The summed E-state index contributed by atoms with van der Waals surface area (Å²) in [4.78, 5) is 7.63. The van der Waals surface area contributed by atoms with Crippen molar-refractivity contribution in [3.63, 3.8) is 0 Å². The maximum Gasteiger partial charge on any atom is 0.166 e. The number of rotatable bonds is 2. The van der Waals surface area contributed by atoms with E-state index in [2.05, 4.69) is 16.2 Å². The lowest BCUT2D eigenvalue weighted by Crippen LogP contribution is -1.83. The first-order chi connectivity index (χ1) is 9.58. The molecule has 0 saturated carbocycles. The van der Waals surface area contributed by atoms with Gasteiger partial charge < -0.3 is 4.98 Å². The van der Waals surface area contributed by atoms with Crippen LogP contribution in [-0.4, -0.2) is 9.97 Å². The summed E-state index contributed by atoms with van der Waals surface area (Å²) < 4.78 is 0. The lowest BCUT2D eigenvalue weighted by molar-refractivity contribution is 1.09. The molecule has 0 atom stereocenters. The fourth-order valence-corrected chi connectivity index (χ4v) is 2.84. The number of aromatic amines is 1. The van der Waals surface area contributed by atoms with Crippen molar-refractivity contribution < 1.29 is 0 Å². The summed E-state index contributed by atoms with van der Waals surface area (Å²) >= 11 is 13.8. The third kappa shape index (κ3) is 2.41. The fourth-order valence-electron chi connectivity index (χ4n) is 2.11. The van der Waals surface area contributed by atoms with Crippen LogP contribution in [0.15, 0.2) is 35.5 Å². The number of imidazole rings is 1. The zero-order valence-electron chi connectivity index (χ0n) is 10.7. The summed E-state index contributed by atoms with van der Waals surface area (Å²) in [7, 11) is 0. The number of thioether (sulfide) groups is 1. The minimum absolute atomic E-state index is 0.684. The van der Waals surface area contributed by atoms with Gasteiger partial charge >= 0.3 is 0 Å². The van der Waals surface area contributed by atoms with Crippen molar-refractivity contribution in [2.24, 2.45) is 0 Å². The summed E-state index contributed by atoms with van der Waals surface area (Å²) in [5.74, 6) is 0. The van der Waals surface area contributed by atoms with Gasteiger partial charge in [0.25, 0.3) is 0 Å². The predicted molar refractivity (Wildman–Crippen MR) is 87.5 cm³/mol. The van der Waals surface area contributed by atoms with Gasteiger partial charge in [-0.3, -0.25) is 0 Å². The second kappa shape index (κ2) is 5.32. The molecule has 0 aliphatic rings. The largest absolute Gasteiger partial charge is 0.333 e. The molecule has 2 aromatic carbocycles. The normalized spacial score (nSPS) is 11.2. The van der Waals surface area contributed by atoms with Gasteiger partial charge in [0.2, 0.25) is 0 Å². The minimum Gasteiger partial charge on any atom is -0.333 e. The van der Waals surface area contributed by atoms with Gasteiger partial charge in [0.1, 0.15) is 0 Å². The van der Waals surface area contributed by atoms with E-state index < -0.39 is 0 Å². The molecule has 0 fully saturated rings. The average molecular weight is 322 g/mol. The van der Waals surface area contributed by atoms with E-state index in [4.69, 9.17) is 23.2 Å². The minimum atomic E-state index is 0.684. The van der Waals surface area contributed by atoms with Gasteiger partial charge in [-0.15, -0.1) is 0 Å². The van der Waals surface area contributed by atoms with Crippen LogP contribution in [0.25, 0.3) is 22.2 Å². The Morgan fingerprint density at radius 2 is 1.95 bits per heavy atom. The highest BCUT2D eigenvalue weighted by Crippen LogP contribution is 2.33. The smallest absolute Gasteiger partial charge is 0.166 e. The summed E-state index contributed by atoms with van der Waals surface area (Å²) in [5.41, 5.74) is 4.80. The molecule has 3 aromatic rings. The molecular weight excluding hydrogens is 311 g/mol. The van der Waals surface area contributed by atoms with Crippen molar-refractivity contribution in [3.8, 4) is 11.1 Å². The number of hydrogen-bond acceptors (Lipinski definition) is 2. The quantitative estimate of drug-likeness (QED) is 0.610. The molecule has 20 heavy (non-hydrogen) atoms. The highest BCUT2D eigenvalue weighted by Gasteiger charge is 2.10. The summed E-state index contributed by atoms with van der Waals surface area (Å²) in [6.07, 6.45) is 3.75. The number of aryl methyl sites for hydroxylation is 1. The number of nitrogens with one attached hydrogen (secondary N) is 1. The molecular formula is C15H11Cl2N2S. The third-order valence-corrected chi connectivity index (χ3v) is 4.36. The van der Waals surface area contributed by atoms with Gasteiger partial charge in [-0.2, -0.15) is 0 Å². The Kier molecular flexibility index (Phi) is 3.67. The zero-order chi connectivity index (χ0) is 14.3. The molecule has 1 radical (unpaired) electrons. The molecule has 1 N–H and O–H groups in total. The Labute approximate surface area is 131 Å². The number of fused-ring (bicyclic) bond motifs is 1. The van der Waals surface area contributed by atoms with E-state index in [0.717, 1.165) is 37.9 Å².